The summed E-state index contributed by atoms with van der Waals surface area (Å²) in [5, 5.41) is 0. The second-order valence-electron chi connectivity index (χ2n) is 5.11. The Balaban J connectivity index is 2.04. The van der Waals surface area contributed by atoms with Gasteiger partial charge < -0.3 is 14.2 Å². The molecule has 0 aliphatic heterocycles. The molecule has 4 heteroatoms. The number of rotatable bonds is 5. The first-order chi connectivity index (χ1) is 10.2. The van der Waals surface area contributed by atoms with Crippen LogP contribution in [0.4, 0.5) is 0 Å². The lowest BCUT2D eigenvalue weighted by Crippen LogP contribution is -2.19. The third-order valence-electron chi connectivity index (χ3n) is 3.69. The minimum atomic E-state index is -0.310. The van der Waals surface area contributed by atoms with Crippen LogP contribution in [0, 0.1) is 0 Å². The van der Waals surface area contributed by atoms with E-state index in [1.165, 1.54) is 12.5 Å². The van der Waals surface area contributed by atoms with Gasteiger partial charge in [0.05, 0.1) is 19.8 Å². The van der Waals surface area contributed by atoms with Crippen molar-refractivity contribution in [1.29, 1.82) is 0 Å². The molecule has 0 spiro atoms. The molecule has 0 N–H and O–H groups in total. The van der Waals surface area contributed by atoms with Crippen molar-refractivity contribution in [3.8, 4) is 11.5 Å². The van der Waals surface area contributed by atoms with Crippen LogP contribution in [0.25, 0.3) is 6.08 Å². The maximum atomic E-state index is 11.9. The Morgan fingerprint density at radius 2 is 1.71 bits per heavy atom. The fourth-order valence-electron chi connectivity index (χ4n) is 2.58. The number of carbonyl (C=O) groups is 1. The highest BCUT2D eigenvalue weighted by Crippen LogP contribution is 2.29. The zero-order chi connectivity index (χ0) is 15.1. The molecule has 0 bridgehead atoms. The van der Waals surface area contributed by atoms with Crippen LogP contribution in [-0.4, -0.2) is 26.3 Å². The monoisotopic (exact) mass is 290 g/mol. The maximum absolute atomic E-state index is 11.9. The van der Waals surface area contributed by atoms with Gasteiger partial charge in [0.1, 0.15) is 17.6 Å². The number of esters is 1. The van der Waals surface area contributed by atoms with Crippen LogP contribution in [0.5, 0.6) is 11.5 Å². The number of benzene rings is 1. The molecule has 1 fully saturated rings. The number of methoxy groups -OCH3 is 2. The summed E-state index contributed by atoms with van der Waals surface area (Å²) in [4.78, 5) is 11.9. The summed E-state index contributed by atoms with van der Waals surface area (Å²) in [5.74, 6) is 1.02. The van der Waals surface area contributed by atoms with Crippen LogP contribution >= 0.6 is 0 Å². The lowest BCUT2D eigenvalue weighted by Gasteiger charge is -2.20. The predicted molar refractivity (Wildman–Crippen MR) is 81.5 cm³/mol. The minimum absolute atomic E-state index is 0.0652. The predicted octanol–water partition coefficient (Wildman–Crippen LogP) is 3.59. The Kier molecular flexibility index (Phi) is 5.67. The molecule has 0 radical (unpaired) electrons. The first-order valence-corrected chi connectivity index (χ1v) is 7.34. The highest BCUT2D eigenvalue weighted by atomic mass is 16.5. The number of ether oxygens (including phenoxy) is 3. The van der Waals surface area contributed by atoms with Crippen LogP contribution in [0.1, 0.15) is 37.7 Å². The summed E-state index contributed by atoms with van der Waals surface area (Å²) >= 11 is 0. The van der Waals surface area contributed by atoms with E-state index in [1.807, 2.05) is 18.2 Å². The van der Waals surface area contributed by atoms with Gasteiger partial charge in [0, 0.05) is 6.08 Å². The van der Waals surface area contributed by atoms with E-state index in [2.05, 4.69) is 0 Å². The topological polar surface area (TPSA) is 44.8 Å². The average molecular weight is 290 g/mol. The van der Waals surface area contributed by atoms with E-state index in [-0.39, 0.29) is 12.1 Å². The lowest BCUT2D eigenvalue weighted by atomic mass is 9.98. The molecule has 4 nitrogen and oxygen atoms in total. The van der Waals surface area contributed by atoms with Gasteiger partial charge in [0.2, 0.25) is 0 Å². The summed E-state index contributed by atoms with van der Waals surface area (Å²) in [5.41, 5.74) is 0.739. The van der Waals surface area contributed by atoms with E-state index in [1.54, 1.807) is 20.3 Å². The van der Waals surface area contributed by atoms with Crippen molar-refractivity contribution in [3.05, 3.63) is 29.8 Å². The molecule has 0 saturated heterocycles. The fraction of sp³-hybridized carbons (Fsp3) is 0.471. The molecule has 0 amide bonds. The Labute approximate surface area is 125 Å². The molecule has 0 unspecified atom stereocenters. The molecule has 21 heavy (non-hydrogen) atoms. The number of carbonyl (C=O) groups excluding carboxylic acids is 1. The van der Waals surface area contributed by atoms with Crippen LogP contribution in [-0.2, 0) is 9.53 Å². The van der Waals surface area contributed by atoms with Crippen molar-refractivity contribution in [2.45, 2.75) is 38.2 Å². The van der Waals surface area contributed by atoms with Crippen LogP contribution < -0.4 is 9.47 Å². The Morgan fingerprint density at radius 1 is 1.10 bits per heavy atom. The highest BCUT2D eigenvalue weighted by molar-refractivity contribution is 5.88. The molecule has 0 aromatic heterocycles. The second kappa shape index (κ2) is 7.72. The van der Waals surface area contributed by atoms with E-state index in [4.69, 9.17) is 14.2 Å². The van der Waals surface area contributed by atoms with Gasteiger partial charge in [-0.2, -0.15) is 0 Å². The first-order valence-electron chi connectivity index (χ1n) is 7.34. The van der Waals surface area contributed by atoms with Gasteiger partial charge in [-0.3, -0.25) is 0 Å². The summed E-state index contributed by atoms with van der Waals surface area (Å²) in [6.07, 6.45) is 8.65. The number of hydrogen-bond donors (Lipinski definition) is 0. The van der Waals surface area contributed by atoms with Gasteiger partial charge in [0.15, 0.2) is 0 Å². The summed E-state index contributed by atoms with van der Waals surface area (Å²) < 4.78 is 16.0. The van der Waals surface area contributed by atoms with E-state index < -0.39 is 0 Å². The zero-order valence-corrected chi connectivity index (χ0v) is 12.6. The smallest absolute Gasteiger partial charge is 0.331 e. The number of hydrogen-bond acceptors (Lipinski definition) is 4. The lowest BCUT2D eigenvalue weighted by molar-refractivity contribution is -0.144. The molecule has 0 heterocycles. The van der Waals surface area contributed by atoms with Crippen molar-refractivity contribution < 1.29 is 19.0 Å². The van der Waals surface area contributed by atoms with Crippen molar-refractivity contribution >= 4 is 12.0 Å². The Morgan fingerprint density at radius 3 is 2.29 bits per heavy atom. The van der Waals surface area contributed by atoms with Gasteiger partial charge in [-0.05, 0) is 43.9 Å². The zero-order valence-electron chi connectivity index (χ0n) is 12.6. The van der Waals surface area contributed by atoms with E-state index in [0.717, 1.165) is 31.2 Å². The normalized spacial score (nSPS) is 15.9. The van der Waals surface area contributed by atoms with Crippen LogP contribution in [0.15, 0.2) is 24.3 Å². The fourth-order valence-corrected chi connectivity index (χ4v) is 2.58. The van der Waals surface area contributed by atoms with Gasteiger partial charge in [-0.25, -0.2) is 4.79 Å². The first kappa shape index (κ1) is 15.4. The molecule has 2 rings (SSSR count). The van der Waals surface area contributed by atoms with E-state index in [0.29, 0.717) is 11.5 Å². The molecule has 1 aliphatic rings. The van der Waals surface area contributed by atoms with Crippen LogP contribution in [0.2, 0.25) is 0 Å². The largest absolute Gasteiger partial charge is 0.496 e. The molecule has 1 aromatic carbocycles. The van der Waals surface area contributed by atoms with Gasteiger partial charge >= 0.3 is 5.97 Å². The average Bonchev–Trinajstić information content (AvgIpc) is 2.53. The molecular weight excluding hydrogens is 268 g/mol. The summed E-state index contributed by atoms with van der Waals surface area (Å²) in [6.45, 7) is 0. The SMILES string of the molecule is COc1cccc(OC)c1C=CC(=O)OC1CCCCC1. The van der Waals surface area contributed by atoms with E-state index in [9.17, 15) is 4.79 Å². The van der Waals surface area contributed by atoms with Crippen molar-refractivity contribution in [2.75, 3.05) is 14.2 Å². The Hall–Kier alpha value is -1.97. The summed E-state index contributed by atoms with van der Waals surface area (Å²) in [6, 6.07) is 5.50. The molecular formula is C17H22O4. The highest BCUT2D eigenvalue weighted by Gasteiger charge is 2.16. The van der Waals surface area contributed by atoms with Crippen molar-refractivity contribution in [2.24, 2.45) is 0 Å². The molecule has 0 atom stereocenters. The molecule has 1 aliphatic carbocycles. The van der Waals surface area contributed by atoms with Gasteiger partial charge in [-0.15, -0.1) is 0 Å². The van der Waals surface area contributed by atoms with Gasteiger partial charge in [-0.1, -0.05) is 12.5 Å². The third kappa shape index (κ3) is 4.25. The van der Waals surface area contributed by atoms with E-state index >= 15 is 0 Å². The molecule has 1 aromatic rings. The van der Waals surface area contributed by atoms with Crippen LogP contribution in [0.3, 0.4) is 0 Å². The Bertz CT molecular complexity index is 479. The maximum Gasteiger partial charge on any atom is 0.331 e. The second-order valence-corrected chi connectivity index (χ2v) is 5.11. The van der Waals surface area contributed by atoms with Crippen molar-refractivity contribution in [1.82, 2.24) is 0 Å². The van der Waals surface area contributed by atoms with Gasteiger partial charge in [0.25, 0.3) is 0 Å². The molecule has 1 saturated carbocycles. The standard InChI is InChI=1S/C17H22O4/c1-19-15-9-6-10-16(20-2)14(15)11-12-17(18)21-13-7-4-3-5-8-13/h6,9-13H,3-5,7-8H2,1-2H3. The minimum Gasteiger partial charge on any atom is -0.496 e. The third-order valence-corrected chi connectivity index (χ3v) is 3.69. The van der Waals surface area contributed by atoms with Crippen molar-refractivity contribution in [3.63, 3.8) is 0 Å². The summed E-state index contributed by atoms with van der Waals surface area (Å²) in [7, 11) is 3.18. The quantitative estimate of drug-likeness (QED) is 0.614. The molecule has 114 valence electrons.